The fourth-order valence-corrected chi connectivity index (χ4v) is 2.62. The fraction of sp³-hybridized carbons (Fsp3) is 0.500. The van der Waals surface area contributed by atoms with Gasteiger partial charge in [0.1, 0.15) is 24.5 Å². The van der Waals surface area contributed by atoms with Gasteiger partial charge in [-0.1, -0.05) is 24.6 Å². The van der Waals surface area contributed by atoms with Crippen molar-refractivity contribution in [3.8, 4) is 5.75 Å². The largest absolute Gasteiger partial charge is 0.492 e. The summed E-state index contributed by atoms with van der Waals surface area (Å²) in [7, 11) is 2.00. The number of benzene rings is 1. The van der Waals surface area contributed by atoms with Gasteiger partial charge in [0.15, 0.2) is 5.96 Å². The third kappa shape index (κ3) is 6.22. The number of hydrogen-bond acceptors (Lipinski definition) is 4. The van der Waals surface area contributed by atoms with Gasteiger partial charge in [0.25, 0.3) is 0 Å². The number of rotatable bonds is 9. The molecule has 142 valence electrons. The average Bonchev–Trinajstić information content (AvgIpc) is 3.08. The molecule has 0 aliphatic rings. The number of aromatic nitrogens is 3. The van der Waals surface area contributed by atoms with E-state index in [1.54, 1.807) is 6.33 Å². The van der Waals surface area contributed by atoms with E-state index in [-0.39, 0.29) is 0 Å². The van der Waals surface area contributed by atoms with Crippen LogP contribution in [0, 0.1) is 0 Å². The third-order valence-electron chi connectivity index (χ3n) is 3.80. The highest BCUT2D eigenvalue weighted by molar-refractivity contribution is 6.30. The molecule has 1 heterocycles. The first-order chi connectivity index (χ1) is 12.6. The van der Waals surface area contributed by atoms with E-state index < -0.39 is 0 Å². The van der Waals surface area contributed by atoms with E-state index in [0.29, 0.717) is 24.7 Å². The van der Waals surface area contributed by atoms with Crippen LogP contribution >= 0.6 is 11.6 Å². The summed E-state index contributed by atoms with van der Waals surface area (Å²) >= 11 is 5.97. The van der Waals surface area contributed by atoms with Gasteiger partial charge < -0.3 is 19.5 Å². The maximum atomic E-state index is 5.97. The van der Waals surface area contributed by atoms with E-state index in [0.717, 1.165) is 37.0 Å². The van der Waals surface area contributed by atoms with Gasteiger partial charge in [-0.05, 0) is 25.1 Å². The van der Waals surface area contributed by atoms with Crippen LogP contribution in [0.3, 0.4) is 0 Å². The number of hydrogen-bond donors (Lipinski definition) is 1. The second kappa shape index (κ2) is 10.7. The first kappa shape index (κ1) is 20.0. The number of aryl methyl sites for hydroxylation is 1. The van der Waals surface area contributed by atoms with E-state index in [1.165, 1.54) is 0 Å². The van der Waals surface area contributed by atoms with E-state index in [4.69, 9.17) is 16.3 Å². The van der Waals surface area contributed by atoms with E-state index in [2.05, 4.69) is 39.3 Å². The summed E-state index contributed by atoms with van der Waals surface area (Å²) in [6, 6.07) is 7.42. The predicted octanol–water partition coefficient (Wildman–Crippen LogP) is 2.47. The van der Waals surface area contributed by atoms with Crippen molar-refractivity contribution in [2.45, 2.75) is 26.8 Å². The minimum atomic E-state index is 0.548. The van der Waals surface area contributed by atoms with Gasteiger partial charge in [0.05, 0.1) is 13.1 Å². The molecule has 2 rings (SSSR count). The number of guanidine groups is 1. The van der Waals surface area contributed by atoms with Gasteiger partial charge in [-0.15, -0.1) is 10.2 Å². The molecule has 7 nitrogen and oxygen atoms in total. The van der Waals surface area contributed by atoms with Crippen LogP contribution in [0.5, 0.6) is 5.75 Å². The highest BCUT2D eigenvalue weighted by Crippen LogP contribution is 2.16. The Morgan fingerprint density at radius 2 is 2.23 bits per heavy atom. The maximum Gasteiger partial charge on any atom is 0.193 e. The molecule has 0 fully saturated rings. The zero-order valence-corrected chi connectivity index (χ0v) is 16.4. The Balaban J connectivity index is 1.84. The van der Waals surface area contributed by atoms with Crippen molar-refractivity contribution in [3.05, 3.63) is 41.4 Å². The van der Waals surface area contributed by atoms with E-state index in [9.17, 15) is 0 Å². The summed E-state index contributed by atoms with van der Waals surface area (Å²) in [5, 5.41) is 12.0. The number of nitrogens with one attached hydrogen (secondary N) is 1. The van der Waals surface area contributed by atoms with Gasteiger partial charge in [0, 0.05) is 31.6 Å². The van der Waals surface area contributed by atoms with Crippen LogP contribution < -0.4 is 10.1 Å². The molecule has 8 heteroatoms. The molecule has 0 aliphatic carbocycles. The quantitative estimate of drug-likeness (QED) is 0.536. The molecule has 1 aromatic heterocycles. The summed E-state index contributed by atoms with van der Waals surface area (Å²) in [5.74, 6) is 2.61. The van der Waals surface area contributed by atoms with Crippen LogP contribution in [-0.2, 0) is 13.0 Å². The molecule has 0 amide bonds. The maximum absolute atomic E-state index is 5.97. The highest BCUT2D eigenvalue weighted by Gasteiger charge is 2.06. The smallest absolute Gasteiger partial charge is 0.193 e. The molecule has 0 unspecified atom stereocenters. The molecule has 0 bridgehead atoms. The van der Waals surface area contributed by atoms with Crippen molar-refractivity contribution < 1.29 is 4.74 Å². The zero-order chi connectivity index (χ0) is 18.8. The van der Waals surface area contributed by atoms with Gasteiger partial charge in [-0.25, -0.2) is 0 Å². The Bertz CT molecular complexity index is 702. The molecule has 1 N–H and O–H groups in total. The molecule has 2 aromatic rings. The first-order valence-electron chi connectivity index (χ1n) is 8.88. The molecular formula is C18H27ClN6O. The lowest BCUT2D eigenvalue weighted by molar-refractivity contribution is 0.281. The zero-order valence-electron chi connectivity index (χ0n) is 15.7. The average molecular weight is 379 g/mol. The fourth-order valence-electron chi connectivity index (χ4n) is 2.44. The molecule has 0 spiro atoms. The van der Waals surface area contributed by atoms with Gasteiger partial charge in [0.2, 0.25) is 0 Å². The van der Waals surface area contributed by atoms with Crippen LogP contribution in [-0.4, -0.2) is 58.9 Å². The lowest BCUT2D eigenvalue weighted by Gasteiger charge is -2.22. The second-order valence-corrected chi connectivity index (χ2v) is 6.19. The van der Waals surface area contributed by atoms with Crippen LogP contribution in [0.25, 0.3) is 0 Å². The van der Waals surface area contributed by atoms with Crippen LogP contribution in [0.1, 0.15) is 19.7 Å². The lowest BCUT2D eigenvalue weighted by atomic mass is 10.3. The van der Waals surface area contributed by atoms with E-state index >= 15 is 0 Å². The molecule has 0 radical (unpaired) electrons. The van der Waals surface area contributed by atoms with Crippen molar-refractivity contribution >= 4 is 17.6 Å². The molecule has 0 saturated heterocycles. The van der Waals surface area contributed by atoms with Crippen molar-refractivity contribution in [2.75, 3.05) is 33.3 Å². The van der Waals surface area contributed by atoms with Crippen LogP contribution in [0.2, 0.25) is 5.02 Å². The lowest BCUT2D eigenvalue weighted by Crippen LogP contribution is -2.41. The standard InChI is InChI=1S/C18H27ClN6O/c1-4-17-23-22-14-25(17)10-9-21-18(20-5-2)24(3)11-12-26-16-8-6-7-15(19)13-16/h6-8,13-14H,4-5,9-12H2,1-3H3,(H,20,21). The first-order valence-corrected chi connectivity index (χ1v) is 9.26. The predicted molar refractivity (Wildman–Crippen MR) is 105 cm³/mol. The number of aliphatic imine (C=N–C) groups is 1. The van der Waals surface area contributed by atoms with Crippen molar-refractivity contribution in [1.29, 1.82) is 0 Å². The Labute approximate surface area is 160 Å². The summed E-state index contributed by atoms with van der Waals surface area (Å²) in [5.41, 5.74) is 0. The molecule has 0 atom stereocenters. The minimum Gasteiger partial charge on any atom is -0.492 e. The normalized spacial score (nSPS) is 11.5. The number of ether oxygens (including phenoxy) is 1. The molecule has 1 aromatic carbocycles. The van der Waals surface area contributed by atoms with Crippen molar-refractivity contribution in [3.63, 3.8) is 0 Å². The topological polar surface area (TPSA) is 67.6 Å². The molecule has 0 saturated carbocycles. The minimum absolute atomic E-state index is 0.548. The summed E-state index contributed by atoms with van der Waals surface area (Å²) in [6.45, 7) is 7.62. The Morgan fingerprint density at radius 1 is 1.38 bits per heavy atom. The van der Waals surface area contributed by atoms with Crippen LogP contribution in [0.4, 0.5) is 0 Å². The Morgan fingerprint density at radius 3 is 2.96 bits per heavy atom. The monoisotopic (exact) mass is 378 g/mol. The third-order valence-corrected chi connectivity index (χ3v) is 4.04. The number of halogens is 1. The van der Waals surface area contributed by atoms with Gasteiger partial charge in [-0.2, -0.15) is 0 Å². The SMILES string of the molecule is CCNC(=NCCn1cnnc1CC)N(C)CCOc1cccc(Cl)c1. The summed E-state index contributed by atoms with van der Waals surface area (Å²) in [6.07, 6.45) is 2.62. The Kier molecular flexibility index (Phi) is 8.21. The molecular weight excluding hydrogens is 352 g/mol. The number of nitrogens with zero attached hydrogens (tertiary/aromatic N) is 5. The van der Waals surface area contributed by atoms with Crippen molar-refractivity contribution in [2.24, 2.45) is 4.99 Å². The summed E-state index contributed by atoms with van der Waals surface area (Å²) in [4.78, 5) is 6.74. The Hall–Kier alpha value is -2.28. The van der Waals surface area contributed by atoms with Gasteiger partial charge >= 0.3 is 0 Å². The number of likely N-dealkylation sites (N-methyl/N-ethyl adjacent to an activating group) is 1. The van der Waals surface area contributed by atoms with Gasteiger partial charge in [-0.3, -0.25) is 4.99 Å². The van der Waals surface area contributed by atoms with E-state index in [1.807, 2.05) is 35.9 Å². The summed E-state index contributed by atoms with van der Waals surface area (Å²) < 4.78 is 7.79. The van der Waals surface area contributed by atoms with Crippen LogP contribution in [0.15, 0.2) is 35.6 Å². The molecule has 26 heavy (non-hydrogen) atoms. The second-order valence-electron chi connectivity index (χ2n) is 5.76. The molecule has 0 aliphatic heterocycles. The van der Waals surface area contributed by atoms with Crippen molar-refractivity contribution in [1.82, 2.24) is 25.0 Å². The highest BCUT2D eigenvalue weighted by atomic mass is 35.5.